The molecule has 0 saturated carbocycles. The molecule has 0 aliphatic heterocycles. The summed E-state index contributed by atoms with van der Waals surface area (Å²) in [5.41, 5.74) is 2.32. The predicted molar refractivity (Wildman–Crippen MR) is 128 cm³/mol. The summed E-state index contributed by atoms with van der Waals surface area (Å²) >= 11 is 0. The molecule has 0 atom stereocenters. The number of hydrogen-bond donors (Lipinski definition) is 0. The van der Waals surface area contributed by atoms with E-state index < -0.39 is 14.8 Å². The van der Waals surface area contributed by atoms with Gasteiger partial charge >= 0.3 is 5.69 Å². The summed E-state index contributed by atoms with van der Waals surface area (Å²) in [6.07, 6.45) is 4.92. The zero-order valence-corrected chi connectivity index (χ0v) is 19.9. The lowest BCUT2D eigenvalue weighted by molar-refractivity contribution is -0.385. The van der Waals surface area contributed by atoms with Crippen LogP contribution in [0.15, 0.2) is 42.6 Å². The normalized spacial score (nSPS) is 11.6. The highest BCUT2D eigenvalue weighted by atomic mass is 32.2. The average molecular weight is 473 g/mol. The van der Waals surface area contributed by atoms with Crippen molar-refractivity contribution in [1.82, 2.24) is 4.57 Å². The largest absolute Gasteiger partial charge is 0.487 e. The van der Waals surface area contributed by atoms with Gasteiger partial charge in [-0.15, -0.1) is 0 Å². The quantitative estimate of drug-likeness (QED) is 0.175. The van der Waals surface area contributed by atoms with E-state index in [1.165, 1.54) is 18.4 Å². The minimum absolute atomic E-state index is 0.0318. The maximum Gasteiger partial charge on any atom is 0.311 e. The Hall–Kier alpha value is -3.20. The van der Waals surface area contributed by atoms with Gasteiger partial charge < -0.3 is 9.30 Å². The van der Waals surface area contributed by atoms with Crippen LogP contribution in [0.4, 0.5) is 5.69 Å². The van der Waals surface area contributed by atoms with Gasteiger partial charge in [0.25, 0.3) is 0 Å². The molecule has 2 aromatic carbocycles. The lowest BCUT2D eigenvalue weighted by atomic mass is 9.99. The van der Waals surface area contributed by atoms with Gasteiger partial charge in [0, 0.05) is 41.8 Å². The molecule has 0 radical (unpaired) electrons. The highest BCUT2D eigenvalue weighted by Crippen LogP contribution is 2.35. The van der Waals surface area contributed by atoms with Gasteiger partial charge in [-0.05, 0) is 37.8 Å². The Morgan fingerprint density at radius 1 is 1.09 bits per heavy atom. The number of nitro benzene ring substituents is 1. The molecular weight excluding hydrogens is 444 g/mol. The highest BCUT2D eigenvalue weighted by molar-refractivity contribution is 7.90. The third kappa shape index (κ3) is 5.42. The fourth-order valence-corrected chi connectivity index (χ4v) is 4.74. The second kappa shape index (κ2) is 10.2. The first-order valence-electron chi connectivity index (χ1n) is 10.9. The number of nitrogens with zero attached hydrogens (tertiary/aromatic N) is 2. The standard InChI is InChI=1S/C24H28N2O6S/c1-4-17-10-8-11-18-20(16-25(22(17)18)14-6-7-15-33(3,30)31)23(27)19-12-9-13-21(26(28)29)24(19)32-5-2/h8-13,16H,4-7,14-15H2,1-3H3. The predicted octanol–water partition coefficient (Wildman–Crippen LogP) is 4.57. The number of nitro groups is 1. The Morgan fingerprint density at radius 3 is 2.45 bits per heavy atom. The summed E-state index contributed by atoms with van der Waals surface area (Å²) in [7, 11) is -3.03. The van der Waals surface area contributed by atoms with E-state index >= 15 is 0 Å². The Labute approximate surface area is 193 Å². The van der Waals surface area contributed by atoms with E-state index in [1.807, 2.05) is 29.7 Å². The number of rotatable bonds is 11. The van der Waals surface area contributed by atoms with Crippen LogP contribution in [0.3, 0.4) is 0 Å². The van der Waals surface area contributed by atoms with Crippen LogP contribution < -0.4 is 4.74 Å². The zero-order chi connectivity index (χ0) is 24.2. The number of fused-ring (bicyclic) bond motifs is 1. The molecule has 33 heavy (non-hydrogen) atoms. The van der Waals surface area contributed by atoms with Gasteiger partial charge in [0.05, 0.1) is 22.6 Å². The first kappa shape index (κ1) is 24.4. The first-order valence-corrected chi connectivity index (χ1v) is 13.0. The Kier molecular flexibility index (Phi) is 7.53. The number of ether oxygens (including phenoxy) is 1. The van der Waals surface area contributed by atoms with Gasteiger partial charge in [-0.1, -0.05) is 31.2 Å². The van der Waals surface area contributed by atoms with E-state index in [0.29, 0.717) is 24.9 Å². The smallest absolute Gasteiger partial charge is 0.311 e. The van der Waals surface area contributed by atoms with Crippen molar-refractivity contribution in [3.8, 4) is 5.75 Å². The molecule has 3 aromatic rings. The van der Waals surface area contributed by atoms with Crippen molar-refractivity contribution in [3.63, 3.8) is 0 Å². The number of hydrogen-bond acceptors (Lipinski definition) is 6. The van der Waals surface area contributed by atoms with Gasteiger partial charge in [-0.25, -0.2) is 8.42 Å². The molecule has 0 aliphatic rings. The fraction of sp³-hybridized carbons (Fsp3) is 0.375. The summed E-state index contributed by atoms with van der Waals surface area (Å²) < 4.78 is 30.4. The van der Waals surface area contributed by atoms with Crippen LogP contribution in [0.5, 0.6) is 5.75 Å². The van der Waals surface area contributed by atoms with Crippen LogP contribution in [0, 0.1) is 10.1 Å². The monoisotopic (exact) mass is 472 g/mol. The first-order chi connectivity index (χ1) is 15.7. The summed E-state index contributed by atoms with van der Waals surface area (Å²) in [6.45, 7) is 4.49. The maximum absolute atomic E-state index is 13.6. The highest BCUT2D eigenvalue weighted by Gasteiger charge is 2.26. The molecule has 0 N–H and O–H groups in total. The number of carbonyl (C=O) groups excluding carboxylic acids is 1. The van der Waals surface area contributed by atoms with Gasteiger partial charge in [-0.2, -0.15) is 0 Å². The molecule has 0 bridgehead atoms. The SMILES string of the molecule is CCOc1c(C(=O)c2cn(CCCCS(C)(=O)=O)c3c(CC)cccc23)cccc1[N+](=O)[O-]. The molecule has 1 aromatic heterocycles. The van der Waals surface area contributed by atoms with E-state index in [9.17, 15) is 23.3 Å². The Balaban J connectivity index is 2.08. The summed E-state index contributed by atoms with van der Waals surface area (Å²) in [4.78, 5) is 24.5. The van der Waals surface area contributed by atoms with Crippen LogP contribution in [-0.4, -0.2) is 42.3 Å². The lowest BCUT2D eigenvalue weighted by Crippen LogP contribution is -2.07. The number of sulfone groups is 1. The van der Waals surface area contributed by atoms with Crippen LogP contribution in [0.25, 0.3) is 10.9 Å². The molecular formula is C24H28N2O6S. The molecule has 0 amide bonds. The van der Waals surface area contributed by atoms with Crippen molar-refractivity contribution in [2.24, 2.45) is 0 Å². The summed E-state index contributed by atoms with van der Waals surface area (Å²) in [6, 6.07) is 10.1. The third-order valence-corrected chi connectivity index (χ3v) is 6.53. The number of unbranched alkanes of at least 4 members (excludes halogenated alkanes) is 1. The number of para-hydroxylation sites is 2. The second-order valence-corrected chi connectivity index (χ2v) is 10.2. The summed E-state index contributed by atoms with van der Waals surface area (Å²) in [5.74, 6) is -0.268. The second-order valence-electron chi connectivity index (χ2n) is 7.91. The number of benzene rings is 2. The van der Waals surface area contributed by atoms with E-state index in [1.54, 1.807) is 19.2 Å². The molecule has 0 unspecified atom stereocenters. The van der Waals surface area contributed by atoms with Crippen LogP contribution in [0.2, 0.25) is 0 Å². The van der Waals surface area contributed by atoms with Crippen molar-refractivity contribution in [1.29, 1.82) is 0 Å². The van der Waals surface area contributed by atoms with Crippen molar-refractivity contribution >= 4 is 32.2 Å². The van der Waals surface area contributed by atoms with E-state index in [0.717, 1.165) is 22.9 Å². The van der Waals surface area contributed by atoms with Crippen LogP contribution >= 0.6 is 0 Å². The van der Waals surface area contributed by atoms with Crippen molar-refractivity contribution in [2.75, 3.05) is 18.6 Å². The van der Waals surface area contributed by atoms with Crippen LogP contribution in [0.1, 0.15) is 48.2 Å². The minimum atomic E-state index is -3.03. The topological polar surface area (TPSA) is 109 Å². The molecule has 1 heterocycles. The van der Waals surface area contributed by atoms with E-state index in [-0.39, 0.29) is 35.1 Å². The van der Waals surface area contributed by atoms with Crippen molar-refractivity contribution < 1.29 is 22.9 Å². The average Bonchev–Trinajstić information content (AvgIpc) is 3.14. The van der Waals surface area contributed by atoms with Crippen LogP contribution in [-0.2, 0) is 22.8 Å². The number of carbonyl (C=O) groups is 1. The lowest BCUT2D eigenvalue weighted by Gasteiger charge is -2.09. The van der Waals surface area contributed by atoms with Gasteiger partial charge in [0.15, 0.2) is 5.78 Å². The molecule has 3 rings (SSSR count). The molecule has 0 fully saturated rings. The molecule has 9 heteroatoms. The van der Waals surface area contributed by atoms with Crippen molar-refractivity contribution in [3.05, 3.63) is 69.4 Å². The minimum Gasteiger partial charge on any atom is -0.487 e. The third-order valence-electron chi connectivity index (χ3n) is 5.50. The summed E-state index contributed by atoms with van der Waals surface area (Å²) in [5, 5.41) is 12.3. The molecule has 0 aliphatic carbocycles. The Bertz CT molecular complexity index is 1290. The van der Waals surface area contributed by atoms with Gasteiger partial charge in [0.2, 0.25) is 5.75 Å². The number of ketones is 1. The van der Waals surface area contributed by atoms with Gasteiger partial charge in [-0.3, -0.25) is 14.9 Å². The number of aromatic nitrogens is 1. The zero-order valence-electron chi connectivity index (χ0n) is 19.0. The van der Waals surface area contributed by atoms with Crippen molar-refractivity contribution in [2.45, 2.75) is 39.7 Å². The molecule has 0 saturated heterocycles. The molecule has 0 spiro atoms. The van der Waals surface area contributed by atoms with Gasteiger partial charge in [0.1, 0.15) is 9.84 Å². The van der Waals surface area contributed by atoms with E-state index in [4.69, 9.17) is 4.74 Å². The molecule has 8 nitrogen and oxygen atoms in total. The van der Waals surface area contributed by atoms with E-state index in [2.05, 4.69) is 0 Å². The fourth-order valence-electron chi connectivity index (χ4n) is 4.02. The Morgan fingerprint density at radius 2 is 1.82 bits per heavy atom. The number of aryl methyl sites for hydroxylation is 2. The molecule has 176 valence electrons. The maximum atomic E-state index is 13.6.